The van der Waals surface area contributed by atoms with Crippen molar-refractivity contribution >= 4 is 28.5 Å². The zero-order valence-corrected chi connectivity index (χ0v) is 16.7. The van der Waals surface area contributed by atoms with Crippen molar-refractivity contribution in [3.8, 4) is 5.75 Å². The number of anilines is 1. The summed E-state index contributed by atoms with van der Waals surface area (Å²) in [6.07, 6.45) is -3.52. The van der Waals surface area contributed by atoms with Gasteiger partial charge in [-0.1, -0.05) is 17.7 Å². The van der Waals surface area contributed by atoms with Gasteiger partial charge in [0.15, 0.2) is 5.82 Å². The SMILES string of the molecule is Cn1c(=O)nc(N2CCC(Oc3cccc(C(F)(F)F)c3)CC2)c2nc(Cl)ccc21. The molecular weight excluding hydrogens is 421 g/mol. The summed E-state index contributed by atoms with van der Waals surface area (Å²) in [5.74, 6) is 0.641. The molecule has 1 aliphatic heterocycles. The van der Waals surface area contributed by atoms with Crippen LogP contribution in [0.3, 0.4) is 0 Å². The Hall–Kier alpha value is -2.81. The number of hydrogen-bond acceptors (Lipinski definition) is 5. The largest absolute Gasteiger partial charge is 0.490 e. The fourth-order valence-electron chi connectivity index (χ4n) is 3.53. The number of pyridine rings is 1. The monoisotopic (exact) mass is 438 g/mol. The van der Waals surface area contributed by atoms with E-state index in [1.165, 1.54) is 16.7 Å². The molecule has 0 aliphatic carbocycles. The second kappa shape index (κ2) is 7.79. The summed E-state index contributed by atoms with van der Waals surface area (Å²) in [7, 11) is 1.62. The minimum absolute atomic E-state index is 0.189. The van der Waals surface area contributed by atoms with Crippen LogP contribution in [0.4, 0.5) is 19.0 Å². The lowest BCUT2D eigenvalue weighted by molar-refractivity contribution is -0.137. The molecule has 1 aromatic carbocycles. The third-order valence-corrected chi connectivity index (χ3v) is 5.32. The predicted molar refractivity (Wildman–Crippen MR) is 107 cm³/mol. The molecule has 0 unspecified atom stereocenters. The average molecular weight is 439 g/mol. The van der Waals surface area contributed by atoms with Gasteiger partial charge in [0.05, 0.1) is 11.1 Å². The van der Waals surface area contributed by atoms with E-state index < -0.39 is 17.4 Å². The van der Waals surface area contributed by atoms with Crippen LogP contribution in [-0.4, -0.2) is 33.7 Å². The fourth-order valence-corrected chi connectivity index (χ4v) is 3.68. The maximum atomic E-state index is 12.9. The van der Waals surface area contributed by atoms with E-state index in [1.54, 1.807) is 19.2 Å². The highest BCUT2D eigenvalue weighted by Crippen LogP contribution is 2.32. The number of rotatable bonds is 3. The quantitative estimate of drug-likeness (QED) is 0.577. The van der Waals surface area contributed by atoms with Gasteiger partial charge in [0, 0.05) is 33.0 Å². The number of fused-ring (bicyclic) bond motifs is 1. The Morgan fingerprint density at radius 1 is 1.13 bits per heavy atom. The molecule has 2 aromatic heterocycles. The van der Waals surface area contributed by atoms with Crippen LogP contribution in [0.25, 0.3) is 11.0 Å². The van der Waals surface area contributed by atoms with Gasteiger partial charge >= 0.3 is 11.9 Å². The highest BCUT2D eigenvalue weighted by molar-refractivity contribution is 6.29. The number of hydrogen-bond donors (Lipinski definition) is 0. The summed E-state index contributed by atoms with van der Waals surface area (Å²) in [5.41, 5.74) is 0.0127. The number of benzene rings is 1. The molecule has 1 saturated heterocycles. The molecule has 0 radical (unpaired) electrons. The number of alkyl halides is 3. The topological polar surface area (TPSA) is 60.2 Å². The van der Waals surface area contributed by atoms with E-state index in [-0.39, 0.29) is 11.9 Å². The van der Waals surface area contributed by atoms with Gasteiger partial charge in [0.2, 0.25) is 0 Å². The van der Waals surface area contributed by atoms with Crippen LogP contribution < -0.4 is 15.3 Å². The van der Waals surface area contributed by atoms with Crippen molar-refractivity contribution in [2.45, 2.75) is 25.1 Å². The molecule has 0 N–H and O–H groups in total. The first-order chi connectivity index (χ1) is 14.2. The van der Waals surface area contributed by atoms with E-state index in [0.717, 1.165) is 12.1 Å². The lowest BCUT2D eigenvalue weighted by atomic mass is 10.1. The molecule has 0 spiro atoms. The van der Waals surface area contributed by atoms with E-state index in [9.17, 15) is 18.0 Å². The highest BCUT2D eigenvalue weighted by atomic mass is 35.5. The number of nitrogens with zero attached hydrogens (tertiary/aromatic N) is 4. The summed E-state index contributed by atoms with van der Waals surface area (Å²) in [4.78, 5) is 22.7. The Morgan fingerprint density at radius 3 is 2.57 bits per heavy atom. The maximum absolute atomic E-state index is 12.9. The predicted octanol–water partition coefficient (Wildman–Crippen LogP) is 4.05. The van der Waals surface area contributed by atoms with E-state index >= 15 is 0 Å². The molecule has 30 heavy (non-hydrogen) atoms. The summed E-state index contributed by atoms with van der Waals surface area (Å²) < 4.78 is 45.9. The van der Waals surface area contributed by atoms with E-state index in [4.69, 9.17) is 16.3 Å². The van der Waals surface area contributed by atoms with Crippen molar-refractivity contribution in [2.75, 3.05) is 18.0 Å². The Kier molecular flexibility index (Phi) is 5.31. The first-order valence-corrected chi connectivity index (χ1v) is 9.72. The molecule has 1 fully saturated rings. The van der Waals surface area contributed by atoms with Crippen LogP contribution >= 0.6 is 11.6 Å². The first-order valence-electron chi connectivity index (χ1n) is 9.34. The molecule has 0 bridgehead atoms. The Bertz CT molecular complexity index is 1140. The normalized spacial score (nSPS) is 15.6. The van der Waals surface area contributed by atoms with Gasteiger partial charge in [0.25, 0.3) is 0 Å². The zero-order chi connectivity index (χ0) is 21.5. The standard InChI is InChI=1S/C20H18ClF3N4O2/c1-27-15-5-6-16(21)25-17(15)18(26-19(27)29)28-9-7-13(8-10-28)30-14-4-2-3-12(11-14)20(22,23)24/h2-6,11,13H,7-10H2,1H3. The lowest BCUT2D eigenvalue weighted by Crippen LogP contribution is -2.40. The van der Waals surface area contributed by atoms with Crippen LogP contribution in [0.15, 0.2) is 41.2 Å². The van der Waals surface area contributed by atoms with Crippen molar-refractivity contribution < 1.29 is 17.9 Å². The molecule has 1 aliphatic rings. The summed E-state index contributed by atoms with van der Waals surface area (Å²) in [6.45, 7) is 1.04. The van der Waals surface area contributed by atoms with Crippen LogP contribution in [0, 0.1) is 0 Å². The third kappa shape index (κ3) is 4.07. The molecule has 3 aromatic rings. The van der Waals surface area contributed by atoms with E-state index in [0.29, 0.717) is 47.9 Å². The van der Waals surface area contributed by atoms with Crippen molar-refractivity contribution in [1.82, 2.24) is 14.5 Å². The number of ether oxygens (including phenoxy) is 1. The van der Waals surface area contributed by atoms with Crippen molar-refractivity contribution in [2.24, 2.45) is 7.05 Å². The Balaban J connectivity index is 1.51. The van der Waals surface area contributed by atoms with Crippen LogP contribution in [0.2, 0.25) is 5.15 Å². The summed E-state index contributed by atoms with van der Waals surface area (Å²) in [6, 6.07) is 8.21. The second-order valence-corrected chi connectivity index (χ2v) is 7.50. The fraction of sp³-hybridized carbons (Fsp3) is 0.350. The zero-order valence-electron chi connectivity index (χ0n) is 16.0. The van der Waals surface area contributed by atoms with Gasteiger partial charge < -0.3 is 9.64 Å². The molecule has 0 atom stereocenters. The summed E-state index contributed by atoms with van der Waals surface area (Å²) >= 11 is 6.04. The van der Waals surface area contributed by atoms with Gasteiger partial charge in [0.1, 0.15) is 22.5 Å². The number of aryl methyl sites for hydroxylation is 1. The van der Waals surface area contributed by atoms with E-state index in [2.05, 4.69) is 9.97 Å². The van der Waals surface area contributed by atoms with Gasteiger partial charge in [-0.2, -0.15) is 18.2 Å². The van der Waals surface area contributed by atoms with Crippen LogP contribution in [-0.2, 0) is 13.2 Å². The number of halogens is 4. The van der Waals surface area contributed by atoms with Crippen molar-refractivity contribution in [3.05, 3.63) is 57.6 Å². The Labute approximate surface area is 174 Å². The highest BCUT2D eigenvalue weighted by Gasteiger charge is 2.31. The van der Waals surface area contributed by atoms with Crippen LogP contribution in [0.5, 0.6) is 5.75 Å². The minimum atomic E-state index is -4.41. The third-order valence-electron chi connectivity index (χ3n) is 5.11. The molecule has 0 amide bonds. The molecular formula is C20H18ClF3N4O2. The summed E-state index contributed by atoms with van der Waals surface area (Å²) in [5, 5.41) is 0.298. The second-order valence-electron chi connectivity index (χ2n) is 7.11. The molecule has 158 valence electrons. The number of aromatic nitrogens is 3. The van der Waals surface area contributed by atoms with E-state index in [1.807, 2.05) is 4.90 Å². The van der Waals surface area contributed by atoms with Gasteiger partial charge in [-0.25, -0.2) is 9.78 Å². The molecule has 4 rings (SSSR count). The lowest BCUT2D eigenvalue weighted by Gasteiger charge is -2.33. The number of piperidine rings is 1. The molecule has 0 saturated carbocycles. The first kappa shape index (κ1) is 20.5. The van der Waals surface area contributed by atoms with Gasteiger partial charge in [-0.15, -0.1) is 0 Å². The molecule has 3 heterocycles. The van der Waals surface area contributed by atoms with Crippen molar-refractivity contribution in [3.63, 3.8) is 0 Å². The van der Waals surface area contributed by atoms with Crippen molar-refractivity contribution in [1.29, 1.82) is 0 Å². The van der Waals surface area contributed by atoms with Crippen LogP contribution in [0.1, 0.15) is 18.4 Å². The average Bonchev–Trinajstić information content (AvgIpc) is 2.71. The van der Waals surface area contributed by atoms with Gasteiger partial charge in [-0.3, -0.25) is 4.57 Å². The molecule has 6 nitrogen and oxygen atoms in total. The van der Waals surface area contributed by atoms with Gasteiger partial charge in [-0.05, 0) is 30.3 Å². The molecule has 10 heteroatoms. The smallest absolute Gasteiger partial charge is 0.416 e. The maximum Gasteiger partial charge on any atom is 0.416 e. The minimum Gasteiger partial charge on any atom is -0.490 e. The Morgan fingerprint density at radius 2 is 1.87 bits per heavy atom.